The Morgan fingerprint density at radius 3 is 2.36 bits per heavy atom. The van der Waals surface area contributed by atoms with Crippen LogP contribution in [0, 0.1) is 0 Å². The number of fused-ring (bicyclic) bond motifs is 1. The van der Waals surface area contributed by atoms with E-state index in [-0.39, 0.29) is 18.4 Å². The molecule has 0 atom stereocenters. The van der Waals surface area contributed by atoms with Crippen molar-refractivity contribution in [2.45, 2.75) is 0 Å². The number of amides is 2. The number of nitrogens with one attached hydrogen (secondary N) is 1. The Kier molecular flexibility index (Phi) is 5.50. The van der Waals surface area contributed by atoms with Crippen molar-refractivity contribution in [3.05, 3.63) is 64.5 Å². The molecule has 5 nitrogen and oxygen atoms in total. The summed E-state index contributed by atoms with van der Waals surface area (Å²) < 4.78 is 0.959. The first-order chi connectivity index (χ1) is 13.6. The number of hydrogen-bond acceptors (Lipinski definition) is 4. The van der Waals surface area contributed by atoms with Gasteiger partial charge in [0, 0.05) is 42.0 Å². The Balaban J connectivity index is 1.32. The van der Waals surface area contributed by atoms with Gasteiger partial charge in [-0.05, 0) is 18.2 Å². The Morgan fingerprint density at radius 2 is 1.64 bits per heavy atom. The maximum absolute atomic E-state index is 12.5. The van der Waals surface area contributed by atoms with Crippen molar-refractivity contribution in [2.24, 2.45) is 0 Å². The summed E-state index contributed by atoms with van der Waals surface area (Å²) in [5.74, 6) is -0.374. The molecule has 0 unspecified atom stereocenters. The van der Waals surface area contributed by atoms with E-state index in [0.29, 0.717) is 23.0 Å². The molecule has 4 rings (SSSR count). The van der Waals surface area contributed by atoms with E-state index in [1.54, 1.807) is 4.90 Å². The fourth-order valence-corrected chi connectivity index (χ4v) is 4.79. The second kappa shape index (κ2) is 8.20. The van der Waals surface area contributed by atoms with Crippen molar-refractivity contribution in [1.82, 2.24) is 10.2 Å². The van der Waals surface area contributed by atoms with Crippen LogP contribution in [0.5, 0.6) is 0 Å². The van der Waals surface area contributed by atoms with E-state index in [9.17, 15) is 9.59 Å². The number of benzene rings is 2. The fourth-order valence-electron chi connectivity index (χ4n) is 3.36. The standard InChI is InChI=1S/C21H20ClN3O2S/c22-19-16-8-4-5-9-17(16)28-20(19)21(27)23-14-18(26)25-12-10-24(11-13-25)15-6-2-1-3-7-15/h1-9H,10-14H2,(H,23,27). The number of hydrogen-bond donors (Lipinski definition) is 1. The summed E-state index contributed by atoms with van der Waals surface area (Å²) in [6, 6.07) is 17.8. The minimum absolute atomic E-state index is 0.0191. The van der Waals surface area contributed by atoms with Crippen molar-refractivity contribution in [2.75, 3.05) is 37.6 Å². The smallest absolute Gasteiger partial charge is 0.263 e. The average Bonchev–Trinajstić information content (AvgIpc) is 3.09. The van der Waals surface area contributed by atoms with Gasteiger partial charge in [0.05, 0.1) is 11.6 Å². The molecule has 1 aromatic heterocycles. The molecule has 0 radical (unpaired) electrons. The molecular weight excluding hydrogens is 394 g/mol. The summed E-state index contributed by atoms with van der Waals surface area (Å²) in [4.78, 5) is 29.5. The predicted octanol–water partition coefficient (Wildman–Crippen LogP) is 3.63. The summed E-state index contributed by atoms with van der Waals surface area (Å²) in [6.45, 7) is 2.84. The molecule has 1 fully saturated rings. The summed E-state index contributed by atoms with van der Waals surface area (Å²) in [7, 11) is 0. The second-order valence-electron chi connectivity index (χ2n) is 6.63. The third-order valence-electron chi connectivity index (χ3n) is 4.90. The molecule has 1 aliphatic rings. The van der Waals surface area contributed by atoms with E-state index in [1.165, 1.54) is 17.0 Å². The highest BCUT2D eigenvalue weighted by Gasteiger charge is 2.23. The molecule has 7 heteroatoms. The number of carbonyl (C=O) groups is 2. The van der Waals surface area contributed by atoms with E-state index < -0.39 is 0 Å². The van der Waals surface area contributed by atoms with Crippen LogP contribution in [-0.2, 0) is 4.79 Å². The molecule has 2 heterocycles. The first-order valence-corrected chi connectivity index (χ1v) is 10.4. The van der Waals surface area contributed by atoms with Crippen molar-refractivity contribution in [3.8, 4) is 0 Å². The molecule has 2 aromatic carbocycles. The largest absolute Gasteiger partial charge is 0.368 e. The molecular formula is C21H20ClN3O2S. The minimum Gasteiger partial charge on any atom is -0.368 e. The summed E-state index contributed by atoms with van der Waals surface area (Å²) in [5.41, 5.74) is 1.17. The van der Waals surface area contributed by atoms with Gasteiger partial charge in [-0.2, -0.15) is 0 Å². The first kappa shape index (κ1) is 18.8. The lowest BCUT2D eigenvalue weighted by molar-refractivity contribution is -0.130. The lowest BCUT2D eigenvalue weighted by Gasteiger charge is -2.36. The van der Waals surface area contributed by atoms with Gasteiger partial charge in [0.1, 0.15) is 4.88 Å². The highest BCUT2D eigenvalue weighted by molar-refractivity contribution is 7.21. The highest BCUT2D eigenvalue weighted by Crippen LogP contribution is 2.34. The van der Waals surface area contributed by atoms with E-state index in [1.807, 2.05) is 42.5 Å². The molecule has 0 bridgehead atoms. The van der Waals surface area contributed by atoms with Crippen LogP contribution >= 0.6 is 22.9 Å². The van der Waals surface area contributed by atoms with Crippen LogP contribution in [0.1, 0.15) is 9.67 Å². The second-order valence-corrected chi connectivity index (χ2v) is 8.06. The maximum atomic E-state index is 12.5. The minimum atomic E-state index is -0.303. The lowest BCUT2D eigenvalue weighted by atomic mass is 10.2. The van der Waals surface area contributed by atoms with E-state index in [4.69, 9.17) is 11.6 Å². The third kappa shape index (κ3) is 3.84. The Labute approximate surface area is 172 Å². The predicted molar refractivity (Wildman–Crippen MR) is 114 cm³/mol. The number of para-hydroxylation sites is 1. The first-order valence-electron chi connectivity index (χ1n) is 9.16. The zero-order valence-electron chi connectivity index (χ0n) is 15.2. The number of piperazine rings is 1. The molecule has 1 N–H and O–H groups in total. The van der Waals surface area contributed by atoms with Crippen LogP contribution in [0.25, 0.3) is 10.1 Å². The van der Waals surface area contributed by atoms with Gasteiger partial charge in [-0.25, -0.2) is 0 Å². The van der Waals surface area contributed by atoms with Crippen molar-refractivity contribution < 1.29 is 9.59 Å². The zero-order valence-corrected chi connectivity index (χ0v) is 16.8. The van der Waals surface area contributed by atoms with Crippen molar-refractivity contribution in [1.29, 1.82) is 0 Å². The highest BCUT2D eigenvalue weighted by atomic mass is 35.5. The van der Waals surface area contributed by atoms with Gasteiger partial charge >= 0.3 is 0 Å². The molecule has 1 saturated heterocycles. The van der Waals surface area contributed by atoms with Gasteiger partial charge in [-0.3, -0.25) is 9.59 Å². The SMILES string of the molecule is O=C(NCC(=O)N1CCN(c2ccccc2)CC1)c1sc2ccccc2c1Cl. The van der Waals surface area contributed by atoms with E-state index in [2.05, 4.69) is 22.3 Å². The van der Waals surface area contributed by atoms with E-state index >= 15 is 0 Å². The third-order valence-corrected chi connectivity index (χ3v) is 6.57. The Bertz CT molecular complexity index is 997. The number of thiophene rings is 1. The summed E-state index contributed by atoms with van der Waals surface area (Å²) in [5, 5.41) is 4.03. The quantitative estimate of drug-likeness (QED) is 0.710. The van der Waals surface area contributed by atoms with Gasteiger partial charge in [0.25, 0.3) is 5.91 Å². The Morgan fingerprint density at radius 1 is 0.964 bits per heavy atom. The van der Waals surface area contributed by atoms with Gasteiger partial charge in [0.2, 0.25) is 5.91 Å². The molecule has 3 aromatic rings. The monoisotopic (exact) mass is 413 g/mol. The van der Waals surface area contributed by atoms with Crippen LogP contribution in [0.2, 0.25) is 5.02 Å². The summed E-state index contributed by atoms with van der Waals surface area (Å²) in [6.07, 6.45) is 0. The molecule has 144 valence electrons. The normalized spacial score (nSPS) is 14.3. The van der Waals surface area contributed by atoms with Gasteiger partial charge < -0.3 is 15.1 Å². The zero-order chi connectivity index (χ0) is 19.5. The summed E-state index contributed by atoms with van der Waals surface area (Å²) >= 11 is 7.68. The molecule has 0 saturated carbocycles. The van der Waals surface area contributed by atoms with Gasteiger partial charge in [0.15, 0.2) is 0 Å². The van der Waals surface area contributed by atoms with Crippen molar-refractivity contribution in [3.63, 3.8) is 0 Å². The fraction of sp³-hybridized carbons (Fsp3) is 0.238. The number of rotatable bonds is 4. The van der Waals surface area contributed by atoms with Crippen LogP contribution < -0.4 is 10.2 Å². The van der Waals surface area contributed by atoms with Crippen LogP contribution in [0.15, 0.2) is 54.6 Å². The number of nitrogens with zero attached hydrogens (tertiary/aromatic N) is 2. The number of halogens is 1. The Hall–Kier alpha value is -2.57. The van der Waals surface area contributed by atoms with Gasteiger partial charge in [-0.15, -0.1) is 11.3 Å². The molecule has 1 aliphatic heterocycles. The number of anilines is 1. The molecule has 0 aliphatic carbocycles. The topological polar surface area (TPSA) is 52.7 Å². The molecule has 0 spiro atoms. The molecule has 28 heavy (non-hydrogen) atoms. The average molecular weight is 414 g/mol. The molecule has 2 amide bonds. The van der Waals surface area contributed by atoms with Crippen LogP contribution in [-0.4, -0.2) is 49.4 Å². The lowest BCUT2D eigenvalue weighted by Crippen LogP contribution is -2.51. The maximum Gasteiger partial charge on any atom is 0.263 e. The van der Waals surface area contributed by atoms with Crippen LogP contribution in [0.4, 0.5) is 5.69 Å². The van der Waals surface area contributed by atoms with Crippen molar-refractivity contribution >= 4 is 50.5 Å². The van der Waals surface area contributed by atoms with E-state index in [0.717, 1.165) is 23.2 Å². The van der Waals surface area contributed by atoms with Crippen LogP contribution in [0.3, 0.4) is 0 Å². The van der Waals surface area contributed by atoms with Gasteiger partial charge in [-0.1, -0.05) is 48.0 Å². The number of carbonyl (C=O) groups excluding carboxylic acids is 2.